The van der Waals surface area contributed by atoms with Gasteiger partial charge in [-0.1, -0.05) is 110 Å². The number of hydrogen-bond acceptors (Lipinski definition) is 9. The average molecular weight is 832 g/mol. The first kappa shape index (κ1) is 42.2. The molecule has 9 nitrogen and oxygen atoms in total. The van der Waals surface area contributed by atoms with Crippen LogP contribution in [0.15, 0.2) is 123 Å². The third-order valence-electron chi connectivity index (χ3n) is 9.88. The summed E-state index contributed by atoms with van der Waals surface area (Å²) in [7, 11) is 0. The average Bonchev–Trinajstić information content (AvgIpc) is 3.25. The van der Waals surface area contributed by atoms with Crippen molar-refractivity contribution >= 4 is 90.2 Å². The van der Waals surface area contributed by atoms with Crippen molar-refractivity contribution in [3.8, 4) is 11.5 Å². The van der Waals surface area contributed by atoms with E-state index in [0.717, 1.165) is 78.9 Å². The number of carbonyl (C=O) groups excluding carboxylic acids is 4. The van der Waals surface area contributed by atoms with Crippen LogP contribution in [0, 0.1) is 0 Å². The summed E-state index contributed by atoms with van der Waals surface area (Å²) in [5.74, 6) is -1.64. The number of rotatable bonds is 18. The second-order valence-electron chi connectivity index (χ2n) is 13.2. The number of benzene rings is 6. The molecule has 0 bridgehead atoms. The van der Waals surface area contributed by atoms with Crippen LogP contribution in [0.2, 0.25) is 10.0 Å². The number of halogens is 2. The van der Waals surface area contributed by atoms with Gasteiger partial charge in [-0.05, 0) is 66.7 Å². The molecule has 59 heavy (non-hydrogen) atoms. The monoisotopic (exact) mass is 830 g/mol. The van der Waals surface area contributed by atoms with Gasteiger partial charge in [0.2, 0.25) is 0 Å². The maximum absolute atomic E-state index is 12.2. The fourth-order valence-electron chi connectivity index (χ4n) is 7.41. The van der Waals surface area contributed by atoms with E-state index in [1.165, 1.54) is 0 Å². The van der Waals surface area contributed by atoms with Crippen LogP contribution in [0.4, 0.5) is 0 Å². The van der Waals surface area contributed by atoms with E-state index in [9.17, 15) is 19.2 Å². The fraction of sp³-hybridized carbons (Fsp3) is 0.167. The maximum Gasteiger partial charge on any atom is 0.330 e. The second kappa shape index (κ2) is 19.4. The van der Waals surface area contributed by atoms with Crippen molar-refractivity contribution in [2.24, 2.45) is 0 Å². The molecule has 0 aliphatic rings. The zero-order chi connectivity index (χ0) is 42.1. The summed E-state index contributed by atoms with van der Waals surface area (Å²) in [4.78, 5) is 48.5. The van der Waals surface area contributed by atoms with E-state index in [4.69, 9.17) is 46.9 Å². The van der Waals surface area contributed by atoms with Crippen molar-refractivity contribution in [2.75, 3.05) is 26.4 Å². The molecular formula is C48H40Cl2O9. The van der Waals surface area contributed by atoms with E-state index in [2.05, 4.69) is 26.3 Å². The van der Waals surface area contributed by atoms with Crippen LogP contribution < -0.4 is 4.74 Å². The summed E-state index contributed by atoms with van der Waals surface area (Å²) >= 11 is 14.3. The van der Waals surface area contributed by atoms with Crippen molar-refractivity contribution in [3.63, 3.8) is 0 Å². The Labute approximate surface area is 351 Å². The number of esters is 4. The lowest BCUT2D eigenvalue weighted by Gasteiger charge is -2.23. The molecule has 300 valence electrons. The number of hydrogen-bond donors (Lipinski definition) is 0. The Morgan fingerprint density at radius 2 is 0.712 bits per heavy atom. The second-order valence-corrected chi connectivity index (χ2v) is 14.0. The largest absolute Gasteiger partial charge is 0.462 e. The quantitative estimate of drug-likeness (QED) is 0.0361. The van der Waals surface area contributed by atoms with Gasteiger partial charge < -0.3 is 23.7 Å². The van der Waals surface area contributed by atoms with Gasteiger partial charge in [0.15, 0.2) is 11.5 Å². The lowest BCUT2D eigenvalue weighted by Crippen LogP contribution is -2.09. The molecule has 0 spiro atoms. The van der Waals surface area contributed by atoms with Crippen molar-refractivity contribution in [1.29, 1.82) is 0 Å². The third kappa shape index (κ3) is 9.17. The predicted molar refractivity (Wildman–Crippen MR) is 232 cm³/mol. The smallest absolute Gasteiger partial charge is 0.330 e. The predicted octanol–water partition coefficient (Wildman–Crippen LogP) is 10.5. The first-order valence-electron chi connectivity index (χ1n) is 18.8. The summed E-state index contributed by atoms with van der Waals surface area (Å²) in [5.41, 5.74) is 3.33. The van der Waals surface area contributed by atoms with Crippen molar-refractivity contribution in [2.45, 2.75) is 25.7 Å². The van der Waals surface area contributed by atoms with Gasteiger partial charge in [0.25, 0.3) is 0 Å². The molecule has 6 rings (SSSR count). The molecule has 6 aromatic carbocycles. The van der Waals surface area contributed by atoms with E-state index in [1.54, 1.807) is 12.1 Å². The highest BCUT2D eigenvalue weighted by molar-refractivity contribution is 6.35. The van der Waals surface area contributed by atoms with Gasteiger partial charge in [-0.2, -0.15) is 0 Å². The summed E-state index contributed by atoms with van der Waals surface area (Å²) in [6.07, 6.45) is 5.69. The molecule has 0 heterocycles. The van der Waals surface area contributed by atoms with Gasteiger partial charge in [-0.25, -0.2) is 19.2 Å². The molecule has 0 atom stereocenters. The third-order valence-corrected chi connectivity index (χ3v) is 10.5. The van der Waals surface area contributed by atoms with E-state index in [0.29, 0.717) is 23.6 Å². The van der Waals surface area contributed by atoms with E-state index in [-0.39, 0.29) is 60.8 Å². The van der Waals surface area contributed by atoms with Gasteiger partial charge >= 0.3 is 23.9 Å². The Balaban J connectivity index is 1.64. The molecule has 0 unspecified atom stereocenters. The van der Waals surface area contributed by atoms with E-state index >= 15 is 0 Å². The van der Waals surface area contributed by atoms with Gasteiger partial charge in [-0.3, -0.25) is 0 Å². The standard InChI is InChI=1S/C48H40Cl2O9/c1-5-41(51)55-25-21-33-29-13-9-11-15-31(29)37(23-27-57-43(53)7-3)45-35(33)17-19-39(49)47(45)59-48-40(50)20-18-36-34(22-26-56-42(52)6-2)30-14-10-12-16-32(30)38(46(36)48)24-28-58-44(54)8-4/h5-20H,1-4,21-28H2. The van der Waals surface area contributed by atoms with Crippen molar-refractivity contribution in [1.82, 2.24) is 0 Å². The topological polar surface area (TPSA) is 114 Å². The van der Waals surface area contributed by atoms with Crippen LogP contribution in [0.5, 0.6) is 11.5 Å². The van der Waals surface area contributed by atoms with Gasteiger partial charge in [-0.15, -0.1) is 0 Å². The molecule has 0 aliphatic heterocycles. The summed E-state index contributed by atoms with van der Waals surface area (Å²) in [6.45, 7) is 14.3. The Hall–Kier alpha value is -6.42. The van der Waals surface area contributed by atoms with Crippen LogP contribution in [-0.4, -0.2) is 50.3 Å². The maximum atomic E-state index is 12.2. The van der Waals surface area contributed by atoms with E-state index in [1.807, 2.05) is 60.7 Å². The molecule has 11 heteroatoms. The Morgan fingerprint density at radius 3 is 1.02 bits per heavy atom. The minimum Gasteiger partial charge on any atom is -0.462 e. The zero-order valence-electron chi connectivity index (χ0n) is 32.2. The Bertz CT molecular complexity index is 2500. The lowest BCUT2D eigenvalue weighted by molar-refractivity contribution is -0.138. The first-order valence-corrected chi connectivity index (χ1v) is 19.5. The molecule has 0 amide bonds. The molecule has 0 saturated heterocycles. The molecule has 0 aromatic heterocycles. The van der Waals surface area contributed by atoms with Crippen LogP contribution in [0.1, 0.15) is 22.3 Å². The van der Waals surface area contributed by atoms with Gasteiger partial charge in [0.1, 0.15) is 0 Å². The molecule has 0 saturated carbocycles. The SMILES string of the molecule is C=CC(=O)OCCc1c2ccccc2c(CCOC(=O)C=C)c2c(Oc3c(Cl)ccc4c(CCOC(=O)C=C)c5ccccc5c(CCOC(=O)C=C)c34)c(Cl)ccc12. The van der Waals surface area contributed by atoms with Gasteiger partial charge in [0, 0.05) is 60.8 Å². The molecule has 0 radical (unpaired) electrons. The minimum absolute atomic E-state index is 0.0283. The van der Waals surface area contributed by atoms with Crippen LogP contribution in [-0.2, 0) is 63.8 Å². The Morgan fingerprint density at radius 1 is 0.424 bits per heavy atom. The van der Waals surface area contributed by atoms with Gasteiger partial charge in [0.05, 0.1) is 36.5 Å². The van der Waals surface area contributed by atoms with Crippen LogP contribution >= 0.6 is 23.2 Å². The summed E-state index contributed by atoms with van der Waals surface area (Å²) in [6, 6.07) is 22.8. The van der Waals surface area contributed by atoms with E-state index < -0.39 is 23.9 Å². The number of carbonyl (C=O) groups is 4. The molecule has 0 fully saturated rings. The van der Waals surface area contributed by atoms with Crippen LogP contribution in [0.25, 0.3) is 43.1 Å². The summed E-state index contributed by atoms with van der Waals surface area (Å²) in [5, 5.41) is 6.87. The number of ether oxygens (including phenoxy) is 5. The van der Waals surface area contributed by atoms with Crippen molar-refractivity contribution in [3.05, 3.63) is 156 Å². The van der Waals surface area contributed by atoms with Crippen molar-refractivity contribution < 1.29 is 42.9 Å². The zero-order valence-corrected chi connectivity index (χ0v) is 33.7. The Kier molecular flexibility index (Phi) is 13.8. The summed E-state index contributed by atoms with van der Waals surface area (Å²) < 4.78 is 28.9. The highest BCUT2D eigenvalue weighted by atomic mass is 35.5. The first-order chi connectivity index (χ1) is 28.6. The highest BCUT2D eigenvalue weighted by Crippen LogP contribution is 2.48. The normalized spacial score (nSPS) is 10.9. The fourth-order valence-corrected chi connectivity index (χ4v) is 7.80. The minimum atomic E-state index is -0.565. The number of fused-ring (bicyclic) bond motifs is 4. The lowest BCUT2D eigenvalue weighted by atomic mass is 9.88. The molecular weight excluding hydrogens is 791 g/mol. The van der Waals surface area contributed by atoms with Crippen LogP contribution in [0.3, 0.4) is 0 Å². The molecule has 6 aromatic rings. The molecule has 0 N–H and O–H groups in total. The molecule has 0 aliphatic carbocycles. The highest BCUT2D eigenvalue weighted by Gasteiger charge is 2.25.